The van der Waals surface area contributed by atoms with Gasteiger partial charge in [0.05, 0.1) is 0 Å². The highest BCUT2D eigenvalue weighted by atomic mass is 79.9. The molecule has 0 aromatic heterocycles. The Morgan fingerprint density at radius 1 is 1.47 bits per heavy atom. The molecule has 0 radical (unpaired) electrons. The van der Waals surface area contributed by atoms with Crippen molar-refractivity contribution in [3.05, 3.63) is 0 Å². The van der Waals surface area contributed by atoms with Gasteiger partial charge in [0.15, 0.2) is 0 Å². The van der Waals surface area contributed by atoms with Gasteiger partial charge in [-0.2, -0.15) is 0 Å². The number of halogens is 1. The van der Waals surface area contributed by atoms with E-state index in [0.29, 0.717) is 10.7 Å². The van der Waals surface area contributed by atoms with Gasteiger partial charge in [0.25, 0.3) is 0 Å². The molecule has 86 valence electrons. The third-order valence-electron chi connectivity index (χ3n) is 4.11. The predicted molar refractivity (Wildman–Crippen MR) is 65.1 cm³/mol. The SMILES string of the molecule is CCC1(C(=O)N2CCC(Br)C2)CCCC1. The van der Waals surface area contributed by atoms with Crippen LogP contribution in [-0.4, -0.2) is 28.7 Å². The summed E-state index contributed by atoms with van der Waals surface area (Å²) < 4.78 is 0. The highest BCUT2D eigenvalue weighted by molar-refractivity contribution is 9.09. The summed E-state index contributed by atoms with van der Waals surface area (Å²) in [5, 5.41) is 0. The van der Waals surface area contributed by atoms with Crippen LogP contribution < -0.4 is 0 Å². The van der Waals surface area contributed by atoms with E-state index in [-0.39, 0.29) is 5.41 Å². The molecule has 1 aliphatic carbocycles. The van der Waals surface area contributed by atoms with Crippen LogP contribution in [0.25, 0.3) is 0 Å². The fourth-order valence-electron chi connectivity index (χ4n) is 3.01. The molecular formula is C12H20BrNO. The van der Waals surface area contributed by atoms with Gasteiger partial charge < -0.3 is 4.90 Å². The van der Waals surface area contributed by atoms with E-state index in [9.17, 15) is 4.79 Å². The summed E-state index contributed by atoms with van der Waals surface area (Å²) in [6.45, 7) is 4.04. The van der Waals surface area contributed by atoms with Gasteiger partial charge in [-0.3, -0.25) is 4.79 Å². The molecule has 0 aromatic carbocycles. The van der Waals surface area contributed by atoms with Crippen LogP contribution in [0.2, 0.25) is 0 Å². The minimum absolute atomic E-state index is 0.0110. The van der Waals surface area contributed by atoms with Crippen molar-refractivity contribution in [3.8, 4) is 0 Å². The molecular weight excluding hydrogens is 254 g/mol. The molecule has 3 heteroatoms. The first kappa shape index (κ1) is 11.4. The number of hydrogen-bond acceptors (Lipinski definition) is 1. The molecule has 1 saturated carbocycles. The summed E-state index contributed by atoms with van der Waals surface area (Å²) in [7, 11) is 0. The van der Waals surface area contributed by atoms with Crippen LogP contribution in [0.4, 0.5) is 0 Å². The van der Waals surface area contributed by atoms with E-state index in [4.69, 9.17) is 0 Å². The van der Waals surface area contributed by atoms with Gasteiger partial charge in [-0.25, -0.2) is 0 Å². The van der Waals surface area contributed by atoms with Crippen molar-refractivity contribution in [3.63, 3.8) is 0 Å². The normalized spacial score (nSPS) is 29.7. The van der Waals surface area contributed by atoms with Crippen molar-refractivity contribution in [1.29, 1.82) is 0 Å². The number of alkyl halides is 1. The second-order valence-electron chi connectivity index (χ2n) is 4.98. The Morgan fingerprint density at radius 3 is 2.60 bits per heavy atom. The molecule has 1 unspecified atom stereocenters. The Labute approximate surface area is 101 Å². The Morgan fingerprint density at radius 2 is 2.13 bits per heavy atom. The lowest BCUT2D eigenvalue weighted by Gasteiger charge is -2.31. The van der Waals surface area contributed by atoms with Crippen LogP contribution in [0, 0.1) is 5.41 Å². The Kier molecular flexibility index (Phi) is 3.39. The number of likely N-dealkylation sites (tertiary alicyclic amines) is 1. The zero-order valence-electron chi connectivity index (χ0n) is 9.47. The summed E-state index contributed by atoms with van der Waals surface area (Å²) in [5.74, 6) is 0.435. The minimum atomic E-state index is 0.0110. The number of nitrogens with zero attached hydrogens (tertiary/aromatic N) is 1. The average Bonchev–Trinajstić information content (AvgIpc) is 2.86. The van der Waals surface area contributed by atoms with Gasteiger partial charge in [0.2, 0.25) is 5.91 Å². The second kappa shape index (κ2) is 4.44. The van der Waals surface area contributed by atoms with Gasteiger partial charge >= 0.3 is 0 Å². The third-order valence-corrected chi connectivity index (χ3v) is 4.86. The number of carbonyl (C=O) groups excluding carboxylic acids is 1. The van der Waals surface area contributed by atoms with Gasteiger partial charge in [-0.05, 0) is 25.7 Å². The summed E-state index contributed by atoms with van der Waals surface area (Å²) in [6, 6.07) is 0. The van der Waals surface area contributed by atoms with E-state index >= 15 is 0 Å². The van der Waals surface area contributed by atoms with Gasteiger partial charge in [-0.15, -0.1) is 0 Å². The molecule has 0 N–H and O–H groups in total. The maximum atomic E-state index is 12.5. The van der Waals surface area contributed by atoms with Gasteiger partial charge in [0.1, 0.15) is 0 Å². The summed E-state index contributed by atoms with van der Waals surface area (Å²) in [5.41, 5.74) is 0.0110. The van der Waals surface area contributed by atoms with Crippen LogP contribution >= 0.6 is 15.9 Å². The maximum Gasteiger partial charge on any atom is 0.228 e. The predicted octanol–water partition coefficient (Wildman–Crippen LogP) is 2.95. The lowest BCUT2D eigenvalue weighted by Crippen LogP contribution is -2.41. The van der Waals surface area contributed by atoms with Crippen molar-refractivity contribution >= 4 is 21.8 Å². The molecule has 2 nitrogen and oxygen atoms in total. The lowest BCUT2D eigenvalue weighted by molar-refractivity contribution is -0.141. The molecule has 1 atom stereocenters. The molecule has 1 aliphatic heterocycles. The molecule has 2 aliphatic rings. The van der Waals surface area contributed by atoms with Crippen molar-refractivity contribution in [2.45, 2.75) is 50.3 Å². The van der Waals surface area contributed by atoms with Crippen molar-refractivity contribution in [2.24, 2.45) is 5.41 Å². The molecule has 1 amide bonds. The second-order valence-corrected chi connectivity index (χ2v) is 6.27. The smallest absolute Gasteiger partial charge is 0.228 e. The molecule has 15 heavy (non-hydrogen) atoms. The molecule has 1 heterocycles. The monoisotopic (exact) mass is 273 g/mol. The maximum absolute atomic E-state index is 12.5. The van der Waals surface area contributed by atoms with E-state index < -0.39 is 0 Å². The van der Waals surface area contributed by atoms with Crippen LogP contribution in [0.3, 0.4) is 0 Å². The number of rotatable bonds is 2. The number of carbonyl (C=O) groups is 1. The molecule has 2 rings (SSSR count). The van der Waals surface area contributed by atoms with E-state index in [1.165, 1.54) is 12.8 Å². The van der Waals surface area contributed by atoms with Gasteiger partial charge in [0, 0.05) is 23.3 Å². The van der Waals surface area contributed by atoms with Crippen LogP contribution in [-0.2, 0) is 4.79 Å². The van der Waals surface area contributed by atoms with Crippen LogP contribution in [0.5, 0.6) is 0 Å². The largest absolute Gasteiger partial charge is 0.341 e. The zero-order valence-corrected chi connectivity index (χ0v) is 11.1. The molecule has 2 fully saturated rings. The molecule has 0 spiro atoms. The highest BCUT2D eigenvalue weighted by Crippen LogP contribution is 2.43. The van der Waals surface area contributed by atoms with E-state index in [1.54, 1.807) is 0 Å². The Bertz CT molecular complexity index is 248. The minimum Gasteiger partial charge on any atom is -0.341 e. The first-order valence-corrected chi connectivity index (χ1v) is 7.03. The van der Waals surface area contributed by atoms with Crippen LogP contribution in [0.1, 0.15) is 45.4 Å². The average molecular weight is 274 g/mol. The van der Waals surface area contributed by atoms with Crippen LogP contribution in [0.15, 0.2) is 0 Å². The van der Waals surface area contributed by atoms with Gasteiger partial charge in [-0.1, -0.05) is 35.7 Å². The third kappa shape index (κ3) is 2.08. The number of hydrogen-bond donors (Lipinski definition) is 0. The van der Waals surface area contributed by atoms with E-state index in [0.717, 1.165) is 38.8 Å². The quantitative estimate of drug-likeness (QED) is 0.709. The fourth-order valence-corrected chi connectivity index (χ4v) is 3.56. The zero-order chi connectivity index (χ0) is 10.9. The molecule has 0 aromatic rings. The standard InChI is InChI=1S/C12H20BrNO/c1-2-12(6-3-4-7-12)11(15)14-8-5-10(13)9-14/h10H,2-9H2,1H3. The molecule has 0 bridgehead atoms. The van der Waals surface area contributed by atoms with E-state index in [2.05, 4.69) is 27.8 Å². The van der Waals surface area contributed by atoms with Crippen molar-refractivity contribution in [1.82, 2.24) is 4.90 Å². The van der Waals surface area contributed by atoms with Crippen molar-refractivity contribution in [2.75, 3.05) is 13.1 Å². The first-order chi connectivity index (χ1) is 7.18. The fraction of sp³-hybridized carbons (Fsp3) is 0.917. The Hall–Kier alpha value is -0.0500. The Balaban J connectivity index is 2.05. The van der Waals surface area contributed by atoms with E-state index in [1.807, 2.05) is 0 Å². The lowest BCUT2D eigenvalue weighted by atomic mass is 9.82. The number of amides is 1. The summed E-state index contributed by atoms with van der Waals surface area (Å²) in [4.78, 5) is 15.1. The summed E-state index contributed by atoms with van der Waals surface area (Å²) in [6.07, 6.45) is 6.86. The highest BCUT2D eigenvalue weighted by Gasteiger charge is 2.43. The molecule has 1 saturated heterocycles. The van der Waals surface area contributed by atoms with Crippen molar-refractivity contribution < 1.29 is 4.79 Å². The summed E-state index contributed by atoms with van der Waals surface area (Å²) >= 11 is 3.60. The topological polar surface area (TPSA) is 20.3 Å². The first-order valence-electron chi connectivity index (χ1n) is 6.11.